The molecule has 0 saturated heterocycles. The van der Waals surface area contributed by atoms with E-state index in [1.807, 2.05) is 62.4 Å². The molecule has 3 amide bonds. The normalized spacial score (nSPS) is 11.7. The van der Waals surface area contributed by atoms with E-state index in [0.717, 1.165) is 11.3 Å². The first-order valence-corrected chi connectivity index (χ1v) is 10.1. The van der Waals surface area contributed by atoms with Crippen LogP contribution >= 0.6 is 0 Å². The standard InChI is InChI=1S/C24H25N3O4/c1-15(2)21-13-19(18-11-7-8-12-20(18)26-21)23(29)31-16(3)22(28)27-24(30)25-14-17-9-5-4-6-10-17/h4-13,15-16H,14H2,1-3H3,(H2,25,27,28,30). The van der Waals surface area contributed by atoms with Crippen molar-refractivity contribution >= 4 is 28.8 Å². The molecule has 0 fully saturated rings. The molecule has 0 spiro atoms. The summed E-state index contributed by atoms with van der Waals surface area (Å²) in [5, 5.41) is 5.43. The molecule has 2 N–H and O–H groups in total. The molecule has 3 aromatic rings. The highest BCUT2D eigenvalue weighted by molar-refractivity contribution is 6.05. The zero-order valence-corrected chi connectivity index (χ0v) is 17.7. The molecule has 3 rings (SSSR count). The van der Waals surface area contributed by atoms with Crippen LogP contribution in [0, 0.1) is 0 Å². The Morgan fingerprint density at radius 3 is 2.35 bits per heavy atom. The van der Waals surface area contributed by atoms with Crippen molar-refractivity contribution in [3.05, 3.63) is 77.5 Å². The minimum atomic E-state index is -1.15. The third-order valence-corrected chi connectivity index (χ3v) is 4.73. The Hall–Kier alpha value is -3.74. The fourth-order valence-corrected chi connectivity index (χ4v) is 2.97. The predicted molar refractivity (Wildman–Crippen MR) is 118 cm³/mol. The number of imide groups is 1. The third kappa shape index (κ3) is 5.66. The first-order valence-electron chi connectivity index (χ1n) is 10.1. The van der Waals surface area contributed by atoms with Crippen LogP contribution in [-0.2, 0) is 16.1 Å². The van der Waals surface area contributed by atoms with Crippen LogP contribution in [0.15, 0.2) is 60.7 Å². The maximum Gasteiger partial charge on any atom is 0.339 e. The van der Waals surface area contributed by atoms with Crippen molar-refractivity contribution < 1.29 is 19.1 Å². The highest BCUT2D eigenvalue weighted by Crippen LogP contribution is 2.23. The van der Waals surface area contributed by atoms with E-state index in [0.29, 0.717) is 16.5 Å². The number of nitrogens with one attached hydrogen (secondary N) is 2. The average molecular weight is 419 g/mol. The van der Waals surface area contributed by atoms with Gasteiger partial charge in [0, 0.05) is 17.6 Å². The number of fused-ring (bicyclic) bond motifs is 1. The third-order valence-electron chi connectivity index (χ3n) is 4.73. The van der Waals surface area contributed by atoms with E-state index in [9.17, 15) is 14.4 Å². The van der Waals surface area contributed by atoms with Crippen molar-refractivity contribution in [3.63, 3.8) is 0 Å². The first kappa shape index (κ1) is 22.0. The average Bonchev–Trinajstić information content (AvgIpc) is 2.77. The van der Waals surface area contributed by atoms with Crippen molar-refractivity contribution in [1.82, 2.24) is 15.6 Å². The predicted octanol–water partition coefficient (Wildman–Crippen LogP) is 3.93. The first-order chi connectivity index (χ1) is 14.8. The number of aromatic nitrogens is 1. The summed E-state index contributed by atoms with van der Waals surface area (Å²) >= 11 is 0. The molecule has 0 saturated carbocycles. The van der Waals surface area contributed by atoms with E-state index >= 15 is 0 Å². The quantitative estimate of drug-likeness (QED) is 0.590. The summed E-state index contributed by atoms with van der Waals surface area (Å²) in [6.45, 7) is 5.66. The van der Waals surface area contributed by atoms with Crippen LogP contribution < -0.4 is 10.6 Å². The largest absolute Gasteiger partial charge is 0.449 e. The van der Waals surface area contributed by atoms with E-state index in [-0.39, 0.29) is 12.5 Å². The van der Waals surface area contributed by atoms with E-state index in [4.69, 9.17) is 4.74 Å². The molecule has 7 nitrogen and oxygen atoms in total. The minimum Gasteiger partial charge on any atom is -0.449 e. The van der Waals surface area contributed by atoms with Crippen molar-refractivity contribution in [3.8, 4) is 0 Å². The Morgan fingerprint density at radius 2 is 1.65 bits per heavy atom. The molecule has 0 bridgehead atoms. The number of pyridine rings is 1. The fourth-order valence-electron chi connectivity index (χ4n) is 2.97. The van der Waals surface area contributed by atoms with Crippen LogP contribution in [0.25, 0.3) is 10.9 Å². The van der Waals surface area contributed by atoms with E-state index in [1.54, 1.807) is 12.1 Å². The molecule has 7 heteroatoms. The number of para-hydroxylation sites is 1. The highest BCUT2D eigenvalue weighted by Gasteiger charge is 2.23. The second-order valence-corrected chi connectivity index (χ2v) is 7.47. The molecule has 0 aliphatic carbocycles. The van der Waals surface area contributed by atoms with Crippen molar-refractivity contribution in [2.45, 2.75) is 39.3 Å². The van der Waals surface area contributed by atoms with Gasteiger partial charge >= 0.3 is 12.0 Å². The van der Waals surface area contributed by atoms with Crippen LogP contribution in [0.3, 0.4) is 0 Å². The Labute approximate surface area is 180 Å². The summed E-state index contributed by atoms with van der Waals surface area (Å²) < 4.78 is 5.35. The number of hydrogen-bond donors (Lipinski definition) is 2. The van der Waals surface area contributed by atoms with E-state index in [2.05, 4.69) is 15.6 Å². The van der Waals surface area contributed by atoms with Crippen LogP contribution in [0.5, 0.6) is 0 Å². The van der Waals surface area contributed by atoms with Gasteiger partial charge in [0.25, 0.3) is 5.91 Å². The maximum atomic E-state index is 12.8. The summed E-state index contributed by atoms with van der Waals surface area (Å²) in [5.41, 5.74) is 2.67. The topological polar surface area (TPSA) is 97.4 Å². The number of urea groups is 1. The van der Waals surface area contributed by atoms with E-state index < -0.39 is 24.0 Å². The van der Waals surface area contributed by atoms with Gasteiger partial charge in [-0.15, -0.1) is 0 Å². The number of carbonyl (C=O) groups excluding carboxylic acids is 3. The summed E-state index contributed by atoms with van der Waals surface area (Å²) in [6.07, 6.45) is -1.15. The number of amides is 3. The van der Waals surface area contributed by atoms with Gasteiger partial charge in [-0.1, -0.05) is 62.4 Å². The summed E-state index contributed by atoms with van der Waals surface area (Å²) in [5.74, 6) is -1.24. The molecule has 160 valence electrons. The lowest BCUT2D eigenvalue weighted by Gasteiger charge is -2.15. The molecule has 1 aromatic heterocycles. The lowest BCUT2D eigenvalue weighted by Crippen LogP contribution is -2.44. The SMILES string of the molecule is CC(OC(=O)c1cc(C(C)C)nc2ccccc12)C(=O)NC(=O)NCc1ccccc1. The zero-order valence-electron chi connectivity index (χ0n) is 17.7. The smallest absolute Gasteiger partial charge is 0.339 e. The van der Waals surface area contributed by atoms with Gasteiger partial charge in [-0.05, 0) is 30.5 Å². The van der Waals surface area contributed by atoms with Gasteiger partial charge in [-0.2, -0.15) is 0 Å². The van der Waals surface area contributed by atoms with Gasteiger partial charge in [0.15, 0.2) is 6.10 Å². The monoisotopic (exact) mass is 419 g/mol. The van der Waals surface area contributed by atoms with Crippen LogP contribution in [0.1, 0.15) is 48.3 Å². The highest BCUT2D eigenvalue weighted by atomic mass is 16.5. The van der Waals surface area contributed by atoms with Gasteiger partial charge in [0.1, 0.15) is 0 Å². The molecular weight excluding hydrogens is 394 g/mol. The number of hydrogen-bond acceptors (Lipinski definition) is 5. The molecule has 0 aliphatic rings. The van der Waals surface area contributed by atoms with Crippen LogP contribution in [-0.4, -0.2) is 29.0 Å². The van der Waals surface area contributed by atoms with Crippen molar-refractivity contribution in [1.29, 1.82) is 0 Å². The molecule has 1 atom stereocenters. The number of benzene rings is 2. The van der Waals surface area contributed by atoms with E-state index in [1.165, 1.54) is 6.92 Å². The molecular formula is C24H25N3O4. The Bertz CT molecular complexity index is 1100. The lowest BCUT2D eigenvalue weighted by atomic mass is 10.0. The summed E-state index contributed by atoms with van der Waals surface area (Å²) in [6, 6.07) is 17.6. The lowest BCUT2D eigenvalue weighted by molar-refractivity contribution is -0.127. The second kappa shape index (κ2) is 9.84. The van der Waals surface area contributed by atoms with Crippen molar-refractivity contribution in [2.75, 3.05) is 0 Å². The molecule has 31 heavy (non-hydrogen) atoms. The van der Waals surface area contributed by atoms with Gasteiger partial charge in [0.05, 0.1) is 11.1 Å². The minimum absolute atomic E-state index is 0.116. The molecule has 1 heterocycles. The Morgan fingerprint density at radius 1 is 0.968 bits per heavy atom. The summed E-state index contributed by atoms with van der Waals surface area (Å²) in [4.78, 5) is 41.7. The Kier molecular flexibility index (Phi) is 6.97. The molecule has 2 aromatic carbocycles. The molecule has 0 aliphatic heterocycles. The van der Waals surface area contributed by atoms with Gasteiger partial charge in [0.2, 0.25) is 0 Å². The number of nitrogens with zero attached hydrogens (tertiary/aromatic N) is 1. The zero-order chi connectivity index (χ0) is 22.4. The number of rotatable bonds is 6. The second-order valence-electron chi connectivity index (χ2n) is 7.47. The van der Waals surface area contributed by atoms with Crippen LogP contribution in [0.2, 0.25) is 0 Å². The molecule has 1 unspecified atom stereocenters. The summed E-state index contributed by atoms with van der Waals surface area (Å²) in [7, 11) is 0. The molecule has 0 radical (unpaired) electrons. The van der Waals surface area contributed by atoms with Crippen LogP contribution in [0.4, 0.5) is 4.79 Å². The fraction of sp³-hybridized carbons (Fsp3) is 0.250. The van der Waals surface area contributed by atoms with Gasteiger partial charge in [-0.3, -0.25) is 15.1 Å². The number of ether oxygens (including phenoxy) is 1. The maximum absolute atomic E-state index is 12.8. The van der Waals surface area contributed by atoms with Gasteiger partial charge in [-0.25, -0.2) is 9.59 Å². The Balaban J connectivity index is 1.64. The number of esters is 1. The number of carbonyl (C=O) groups is 3. The van der Waals surface area contributed by atoms with Crippen molar-refractivity contribution in [2.24, 2.45) is 0 Å². The van der Waals surface area contributed by atoms with Gasteiger partial charge < -0.3 is 10.1 Å².